The molecule has 4 N–H and O–H groups in total. The van der Waals surface area contributed by atoms with Crippen molar-refractivity contribution < 1.29 is 0 Å². The van der Waals surface area contributed by atoms with Gasteiger partial charge in [-0.15, -0.1) is 10.2 Å². The van der Waals surface area contributed by atoms with Crippen LogP contribution in [0.4, 0.5) is 11.8 Å². The van der Waals surface area contributed by atoms with Crippen LogP contribution in [0, 0.1) is 6.92 Å². The second kappa shape index (κ2) is 8.26. The van der Waals surface area contributed by atoms with E-state index in [-0.39, 0.29) is 5.95 Å². The maximum atomic E-state index is 5.91. The Morgan fingerprint density at radius 3 is 2.83 bits per heavy atom. The van der Waals surface area contributed by atoms with Crippen molar-refractivity contribution in [3.05, 3.63) is 41.6 Å². The fraction of sp³-hybridized carbons (Fsp3) is 0.350. The van der Waals surface area contributed by atoms with Crippen LogP contribution in [-0.2, 0) is 6.54 Å². The number of aromatic nitrogens is 7. The number of benzene rings is 1. The molecule has 9 nitrogen and oxygen atoms in total. The quantitative estimate of drug-likeness (QED) is 0.394. The fourth-order valence-corrected chi connectivity index (χ4v) is 3.44. The van der Waals surface area contributed by atoms with Gasteiger partial charge < -0.3 is 15.6 Å². The molecule has 0 fully saturated rings. The van der Waals surface area contributed by atoms with E-state index in [1.807, 2.05) is 18.3 Å². The highest BCUT2D eigenvalue weighted by molar-refractivity contribution is 5.87. The average molecular weight is 391 g/mol. The molecule has 0 atom stereocenters. The van der Waals surface area contributed by atoms with Crippen LogP contribution in [0.15, 0.2) is 30.5 Å². The van der Waals surface area contributed by atoms with Gasteiger partial charge in [0.1, 0.15) is 5.52 Å². The molecule has 29 heavy (non-hydrogen) atoms. The SMILES string of the molecule is CCCCCNc1nc(N)nc2ccn(Cc3ccc(-c4nn[nH]n4)cc3C)c12. The first kappa shape index (κ1) is 18.9. The number of hydrogen-bond donors (Lipinski definition) is 3. The van der Waals surface area contributed by atoms with E-state index < -0.39 is 0 Å². The van der Waals surface area contributed by atoms with Crippen LogP contribution < -0.4 is 11.1 Å². The summed E-state index contributed by atoms with van der Waals surface area (Å²) in [4.78, 5) is 8.84. The van der Waals surface area contributed by atoms with E-state index in [0.29, 0.717) is 12.4 Å². The number of H-pyrrole nitrogens is 1. The Kier molecular flexibility index (Phi) is 5.37. The molecule has 0 unspecified atom stereocenters. The molecule has 0 aliphatic rings. The number of nitrogens with zero attached hydrogens (tertiary/aromatic N) is 6. The Hall–Kier alpha value is -3.49. The number of unbranched alkanes of at least 4 members (excludes halogenated alkanes) is 2. The number of rotatable bonds is 8. The minimum Gasteiger partial charge on any atom is -0.368 e. The summed E-state index contributed by atoms with van der Waals surface area (Å²) in [6.45, 7) is 5.85. The van der Waals surface area contributed by atoms with E-state index in [2.05, 4.69) is 66.5 Å². The maximum absolute atomic E-state index is 5.91. The first-order chi connectivity index (χ1) is 14.2. The third-order valence-electron chi connectivity index (χ3n) is 4.99. The maximum Gasteiger partial charge on any atom is 0.222 e. The molecule has 4 rings (SSSR count). The second-order valence-corrected chi connectivity index (χ2v) is 7.12. The number of nitrogen functional groups attached to an aromatic ring is 1. The zero-order valence-electron chi connectivity index (χ0n) is 16.7. The third-order valence-corrected chi connectivity index (χ3v) is 4.99. The molecule has 0 saturated heterocycles. The van der Waals surface area contributed by atoms with E-state index in [1.165, 1.54) is 18.4 Å². The highest BCUT2D eigenvalue weighted by Gasteiger charge is 2.13. The van der Waals surface area contributed by atoms with Crippen molar-refractivity contribution in [1.29, 1.82) is 0 Å². The Morgan fingerprint density at radius 2 is 2.07 bits per heavy atom. The van der Waals surface area contributed by atoms with E-state index >= 15 is 0 Å². The van der Waals surface area contributed by atoms with E-state index in [4.69, 9.17) is 5.73 Å². The zero-order chi connectivity index (χ0) is 20.2. The van der Waals surface area contributed by atoms with Gasteiger partial charge in [-0.25, -0.2) is 4.98 Å². The lowest BCUT2D eigenvalue weighted by Crippen LogP contribution is -2.09. The number of hydrogen-bond acceptors (Lipinski definition) is 7. The minimum atomic E-state index is 0.286. The molecule has 9 heteroatoms. The van der Waals surface area contributed by atoms with Gasteiger partial charge in [-0.05, 0) is 41.8 Å². The lowest BCUT2D eigenvalue weighted by Gasteiger charge is -2.13. The molecule has 150 valence electrons. The molecule has 3 heterocycles. The summed E-state index contributed by atoms with van der Waals surface area (Å²) in [5.41, 5.74) is 11.0. The average Bonchev–Trinajstić information content (AvgIpc) is 3.37. The number of nitrogens with one attached hydrogen (secondary N) is 2. The molecular weight excluding hydrogens is 366 g/mol. The molecule has 1 aromatic carbocycles. The summed E-state index contributed by atoms with van der Waals surface area (Å²) in [7, 11) is 0. The first-order valence-electron chi connectivity index (χ1n) is 9.85. The lowest BCUT2D eigenvalue weighted by atomic mass is 10.0. The second-order valence-electron chi connectivity index (χ2n) is 7.12. The summed E-state index contributed by atoms with van der Waals surface area (Å²) in [5.74, 6) is 1.66. The van der Waals surface area contributed by atoms with Crippen molar-refractivity contribution in [2.45, 2.75) is 39.7 Å². The van der Waals surface area contributed by atoms with Crippen molar-refractivity contribution in [2.24, 2.45) is 0 Å². The van der Waals surface area contributed by atoms with Crippen molar-refractivity contribution in [3.8, 4) is 11.4 Å². The Labute approximate surface area is 168 Å². The highest BCUT2D eigenvalue weighted by Crippen LogP contribution is 2.25. The molecule has 0 aliphatic heterocycles. The number of nitrogens with two attached hydrogens (primary N) is 1. The van der Waals surface area contributed by atoms with Crippen molar-refractivity contribution in [3.63, 3.8) is 0 Å². The Morgan fingerprint density at radius 1 is 1.17 bits per heavy atom. The summed E-state index contributed by atoms with van der Waals surface area (Å²) in [6.07, 6.45) is 5.49. The molecule has 0 aliphatic carbocycles. The van der Waals surface area contributed by atoms with Crippen LogP contribution in [0.1, 0.15) is 37.3 Å². The van der Waals surface area contributed by atoms with E-state index in [1.54, 1.807) is 0 Å². The predicted molar refractivity (Wildman–Crippen MR) is 113 cm³/mol. The minimum absolute atomic E-state index is 0.286. The number of aryl methyl sites for hydroxylation is 1. The van der Waals surface area contributed by atoms with Gasteiger partial charge in [0.2, 0.25) is 11.8 Å². The monoisotopic (exact) mass is 391 g/mol. The molecule has 0 bridgehead atoms. The molecule has 4 aromatic rings. The molecule has 3 aromatic heterocycles. The van der Waals surface area contributed by atoms with Gasteiger partial charge >= 0.3 is 0 Å². The Bertz CT molecular complexity index is 1100. The topological polar surface area (TPSA) is 123 Å². The normalized spacial score (nSPS) is 11.2. The van der Waals surface area contributed by atoms with Gasteiger partial charge in [-0.3, -0.25) is 0 Å². The first-order valence-corrected chi connectivity index (χ1v) is 9.85. The molecule has 0 spiro atoms. The van der Waals surface area contributed by atoms with Crippen LogP contribution >= 0.6 is 0 Å². The lowest BCUT2D eigenvalue weighted by molar-refractivity contribution is 0.742. The number of tetrazole rings is 1. The molecule has 0 saturated carbocycles. The van der Waals surface area contributed by atoms with E-state index in [0.717, 1.165) is 40.9 Å². The number of anilines is 2. The van der Waals surface area contributed by atoms with Crippen LogP contribution in [0.3, 0.4) is 0 Å². The van der Waals surface area contributed by atoms with Gasteiger partial charge in [0.05, 0.1) is 5.52 Å². The largest absolute Gasteiger partial charge is 0.368 e. The molecule has 0 amide bonds. The highest BCUT2D eigenvalue weighted by atomic mass is 15.5. The summed E-state index contributed by atoms with van der Waals surface area (Å²) >= 11 is 0. The summed E-state index contributed by atoms with van der Waals surface area (Å²) in [5, 5.41) is 17.6. The van der Waals surface area contributed by atoms with Crippen LogP contribution in [0.5, 0.6) is 0 Å². The van der Waals surface area contributed by atoms with Crippen LogP contribution in [0.25, 0.3) is 22.4 Å². The Balaban J connectivity index is 1.62. The fourth-order valence-electron chi connectivity index (χ4n) is 3.44. The zero-order valence-corrected chi connectivity index (χ0v) is 16.7. The van der Waals surface area contributed by atoms with Gasteiger partial charge in [-0.2, -0.15) is 10.2 Å². The van der Waals surface area contributed by atoms with Crippen molar-refractivity contribution in [2.75, 3.05) is 17.6 Å². The number of fused-ring (bicyclic) bond motifs is 1. The van der Waals surface area contributed by atoms with E-state index in [9.17, 15) is 0 Å². The third kappa shape index (κ3) is 4.03. The standard InChI is InChI=1S/C20H25N9/c1-3-4-5-9-22-19-17-16(23-20(21)24-19)8-10-29(17)12-15-7-6-14(11-13(15)2)18-25-27-28-26-18/h6-8,10-11H,3-5,9,12H2,1-2H3,(H3,21,22,23,24)(H,25,26,27,28). The summed E-state index contributed by atoms with van der Waals surface area (Å²) < 4.78 is 2.16. The van der Waals surface area contributed by atoms with Gasteiger partial charge in [0, 0.05) is 24.8 Å². The predicted octanol–water partition coefficient (Wildman–Crippen LogP) is 3.15. The summed E-state index contributed by atoms with van der Waals surface area (Å²) in [6, 6.07) is 8.16. The smallest absolute Gasteiger partial charge is 0.222 e. The van der Waals surface area contributed by atoms with Crippen LogP contribution in [0.2, 0.25) is 0 Å². The van der Waals surface area contributed by atoms with Gasteiger partial charge in [0.15, 0.2) is 5.82 Å². The van der Waals surface area contributed by atoms with Gasteiger partial charge in [0.25, 0.3) is 0 Å². The number of aromatic amines is 1. The van der Waals surface area contributed by atoms with Crippen molar-refractivity contribution in [1.82, 2.24) is 35.2 Å². The van der Waals surface area contributed by atoms with Crippen molar-refractivity contribution >= 4 is 22.8 Å². The molecular formula is C20H25N9. The van der Waals surface area contributed by atoms with Crippen LogP contribution in [-0.4, -0.2) is 41.7 Å². The van der Waals surface area contributed by atoms with Gasteiger partial charge in [-0.1, -0.05) is 31.9 Å². The molecule has 0 radical (unpaired) electrons.